The molecule has 110 valence electrons. The van der Waals surface area contributed by atoms with Gasteiger partial charge in [0, 0.05) is 19.0 Å². The van der Waals surface area contributed by atoms with Crippen molar-refractivity contribution >= 4 is 12.4 Å². The zero-order chi connectivity index (χ0) is 14.6. The van der Waals surface area contributed by atoms with Crippen LogP contribution in [0.25, 0.3) is 0 Å². The van der Waals surface area contributed by atoms with Crippen LogP contribution in [0.3, 0.4) is 0 Å². The number of hydrogen-bond acceptors (Lipinski definition) is 3. The molecule has 0 saturated carbocycles. The number of amides is 1. The molecule has 0 aromatic rings. The van der Waals surface area contributed by atoms with Gasteiger partial charge in [-0.2, -0.15) is 0 Å². The minimum absolute atomic E-state index is 0.0954. The molecule has 4 nitrogen and oxygen atoms in total. The lowest BCUT2D eigenvalue weighted by molar-refractivity contribution is -0.112. The maximum atomic E-state index is 11.9. The first-order chi connectivity index (χ1) is 8.74. The number of hydrogen-bond donors (Lipinski definition) is 0. The van der Waals surface area contributed by atoms with Crippen LogP contribution in [-0.4, -0.2) is 36.0 Å². The molecule has 1 aliphatic heterocycles. The van der Waals surface area contributed by atoms with Gasteiger partial charge in [0.15, 0.2) is 0 Å². The maximum absolute atomic E-state index is 11.9. The first-order valence-corrected chi connectivity index (χ1v) is 7.18. The molecule has 0 N–H and O–H groups in total. The largest absolute Gasteiger partial charge is 0.444 e. The SMILES string of the molecule is CC(C1CCN(C(=O)OC(C)(C)C)CC1)[C@@H](C)C=O. The molecule has 1 unspecified atom stereocenters. The van der Waals surface area contributed by atoms with Crippen LogP contribution in [0.15, 0.2) is 0 Å². The number of piperidine rings is 1. The molecular weight excluding hydrogens is 242 g/mol. The Balaban J connectivity index is 2.45. The molecule has 19 heavy (non-hydrogen) atoms. The van der Waals surface area contributed by atoms with Crippen LogP contribution in [0.4, 0.5) is 4.79 Å². The number of ether oxygens (including phenoxy) is 1. The van der Waals surface area contributed by atoms with E-state index in [9.17, 15) is 9.59 Å². The van der Waals surface area contributed by atoms with E-state index < -0.39 is 5.60 Å². The molecule has 0 aromatic heterocycles. The molecule has 2 atom stereocenters. The van der Waals surface area contributed by atoms with Gasteiger partial charge in [-0.1, -0.05) is 13.8 Å². The Morgan fingerprint density at radius 2 is 1.79 bits per heavy atom. The summed E-state index contributed by atoms with van der Waals surface area (Å²) in [6, 6.07) is 0. The van der Waals surface area contributed by atoms with Gasteiger partial charge in [-0.15, -0.1) is 0 Å². The van der Waals surface area contributed by atoms with E-state index in [1.54, 1.807) is 4.90 Å². The summed E-state index contributed by atoms with van der Waals surface area (Å²) in [6.07, 6.45) is 2.73. The van der Waals surface area contributed by atoms with Crippen LogP contribution in [0, 0.1) is 17.8 Å². The number of carbonyl (C=O) groups excluding carboxylic acids is 2. The zero-order valence-electron chi connectivity index (χ0n) is 12.8. The topological polar surface area (TPSA) is 46.6 Å². The Bertz CT molecular complexity index is 314. The molecule has 0 radical (unpaired) electrons. The average molecular weight is 269 g/mol. The molecule has 1 heterocycles. The van der Waals surface area contributed by atoms with E-state index in [-0.39, 0.29) is 12.0 Å². The maximum Gasteiger partial charge on any atom is 0.410 e. The van der Waals surface area contributed by atoms with Crippen molar-refractivity contribution in [1.29, 1.82) is 0 Å². The number of carbonyl (C=O) groups is 2. The highest BCUT2D eigenvalue weighted by atomic mass is 16.6. The van der Waals surface area contributed by atoms with Crippen LogP contribution >= 0.6 is 0 Å². The van der Waals surface area contributed by atoms with Crippen molar-refractivity contribution in [2.75, 3.05) is 13.1 Å². The summed E-state index contributed by atoms with van der Waals surface area (Å²) in [6.45, 7) is 11.2. The Morgan fingerprint density at radius 1 is 1.26 bits per heavy atom. The number of rotatable bonds is 3. The van der Waals surface area contributed by atoms with Crippen molar-refractivity contribution in [1.82, 2.24) is 4.90 Å². The molecule has 0 aromatic carbocycles. The Morgan fingerprint density at radius 3 is 2.21 bits per heavy atom. The molecule has 0 bridgehead atoms. The van der Waals surface area contributed by atoms with Gasteiger partial charge < -0.3 is 14.4 Å². The lowest BCUT2D eigenvalue weighted by atomic mass is 9.79. The number of likely N-dealkylation sites (tertiary alicyclic amines) is 1. The van der Waals surface area contributed by atoms with Gasteiger partial charge in [0.2, 0.25) is 0 Å². The van der Waals surface area contributed by atoms with E-state index in [2.05, 4.69) is 6.92 Å². The second-order valence-electron chi connectivity index (χ2n) is 6.66. The lowest BCUT2D eigenvalue weighted by Gasteiger charge is -2.36. The molecule has 1 aliphatic rings. The molecule has 0 spiro atoms. The third-order valence-corrected chi connectivity index (χ3v) is 3.98. The van der Waals surface area contributed by atoms with Crippen LogP contribution in [0.1, 0.15) is 47.5 Å². The Labute approximate surface area is 116 Å². The number of aldehydes is 1. The third kappa shape index (κ3) is 4.84. The summed E-state index contributed by atoms with van der Waals surface area (Å²) in [5.41, 5.74) is -0.437. The van der Waals surface area contributed by atoms with Crippen molar-refractivity contribution in [3.8, 4) is 0 Å². The highest BCUT2D eigenvalue weighted by Crippen LogP contribution is 2.29. The summed E-state index contributed by atoms with van der Waals surface area (Å²) < 4.78 is 5.37. The first kappa shape index (κ1) is 16.0. The highest BCUT2D eigenvalue weighted by Gasteiger charge is 2.30. The second-order valence-corrected chi connectivity index (χ2v) is 6.66. The normalized spacial score (nSPS) is 20.8. The van der Waals surface area contributed by atoms with E-state index in [1.807, 2.05) is 27.7 Å². The predicted molar refractivity (Wildman–Crippen MR) is 74.9 cm³/mol. The highest BCUT2D eigenvalue weighted by molar-refractivity contribution is 5.68. The summed E-state index contributed by atoms with van der Waals surface area (Å²) >= 11 is 0. The van der Waals surface area contributed by atoms with Crippen molar-refractivity contribution in [2.24, 2.45) is 17.8 Å². The molecule has 0 aliphatic carbocycles. The van der Waals surface area contributed by atoms with Crippen molar-refractivity contribution in [3.63, 3.8) is 0 Å². The quantitative estimate of drug-likeness (QED) is 0.740. The molecular formula is C15H27NO3. The molecule has 1 fully saturated rings. The van der Waals surface area contributed by atoms with Crippen molar-refractivity contribution < 1.29 is 14.3 Å². The van der Waals surface area contributed by atoms with E-state index in [1.165, 1.54) is 0 Å². The van der Waals surface area contributed by atoms with Gasteiger partial charge in [-0.05, 0) is 45.4 Å². The standard InChI is InChI=1S/C15H27NO3/c1-11(10-17)12(2)13-6-8-16(9-7-13)14(18)19-15(3,4)5/h10-13H,6-9H2,1-5H3/t11-,12?/m0/s1. The van der Waals surface area contributed by atoms with Gasteiger partial charge in [0.1, 0.15) is 11.9 Å². The minimum atomic E-state index is -0.437. The lowest BCUT2D eigenvalue weighted by Crippen LogP contribution is -2.43. The van der Waals surface area contributed by atoms with Gasteiger partial charge >= 0.3 is 6.09 Å². The van der Waals surface area contributed by atoms with E-state index in [0.29, 0.717) is 11.8 Å². The fourth-order valence-electron chi connectivity index (χ4n) is 2.49. The van der Waals surface area contributed by atoms with Gasteiger partial charge in [0.05, 0.1) is 0 Å². The van der Waals surface area contributed by atoms with E-state index in [4.69, 9.17) is 4.74 Å². The predicted octanol–water partition coefficient (Wildman–Crippen LogP) is 3.10. The monoisotopic (exact) mass is 269 g/mol. The Hall–Kier alpha value is -1.06. The van der Waals surface area contributed by atoms with Gasteiger partial charge in [-0.3, -0.25) is 0 Å². The molecule has 1 amide bonds. The Kier molecular flexibility index (Phi) is 5.39. The second kappa shape index (κ2) is 6.40. The third-order valence-electron chi connectivity index (χ3n) is 3.98. The molecule has 1 saturated heterocycles. The zero-order valence-corrected chi connectivity index (χ0v) is 12.8. The van der Waals surface area contributed by atoms with Gasteiger partial charge in [0.25, 0.3) is 0 Å². The van der Waals surface area contributed by atoms with Gasteiger partial charge in [-0.25, -0.2) is 4.79 Å². The van der Waals surface area contributed by atoms with Crippen LogP contribution < -0.4 is 0 Å². The van der Waals surface area contributed by atoms with Crippen LogP contribution in [0.5, 0.6) is 0 Å². The summed E-state index contributed by atoms with van der Waals surface area (Å²) in [4.78, 5) is 24.5. The fourth-order valence-corrected chi connectivity index (χ4v) is 2.49. The van der Waals surface area contributed by atoms with E-state index >= 15 is 0 Å². The number of nitrogens with zero attached hydrogens (tertiary/aromatic N) is 1. The van der Waals surface area contributed by atoms with E-state index in [0.717, 1.165) is 32.2 Å². The average Bonchev–Trinajstić information content (AvgIpc) is 2.35. The smallest absolute Gasteiger partial charge is 0.410 e. The summed E-state index contributed by atoms with van der Waals surface area (Å²) in [5.74, 6) is 1.01. The molecule has 4 heteroatoms. The van der Waals surface area contributed by atoms with Crippen LogP contribution in [-0.2, 0) is 9.53 Å². The summed E-state index contributed by atoms with van der Waals surface area (Å²) in [5, 5.41) is 0. The summed E-state index contributed by atoms with van der Waals surface area (Å²) in [7, 11) is 0. The van der Waals surface area contributed by atoms with Crippen molar-refractivity contribution in [3.05, 3.63) is 0 Å². The minimum Gasteiger partial charge on any atom is -0.444 e. The van der Waals surface area contributed by atoms with Crippen molar-refractivity contribution in [2.45, 2.75) is 53.1 Å². The van der Waals surface area contributed by atoms with Crippen LogP contribution in [0.2, 0.25) is 0 Å². The fraction of sp³-hybridized carbons (Fsp3) is 0.867. The molecule has 1 rings (SSSR count). The first-order valence-electron chi connectivity index (χ1n) is 7.18.